The molecule has 0 saturated carbocycles. The summed E-state index contributed by atoms with van der Waals surface area (Å²) < 4.78 is 3.12. The fourth-order valence-corrected chi connectivity index (χ4v) is 4.40. The summed E-state index contributed by atoms with van der Waals surface area (Å²) in [4.78, 5) is 42.6. The standard InChI is InChI=1S/C26H29N9O2/c1-4-12-34-25(36)21-17-27-26(28-19-8-10-20(11-9-19)33-15-13-32(3)14-16-33)30-24(21)35(34)23-7-5-6-22(29-23)18(2)31-37/h4-11,17-18H,1,12-16H2,2-3H3,(H,27,28,30). The first-order valence-electron chi connectivity index (χ1n) is 12.2. The minimum Gasteiger partial charge on any atom is -0.369 e. The zero-order valence-corrected chi connectivity index (χ0v) is 20.9. The highest BCUT2D eigenvalue weighted by Gasteiger charge is 2.19. The van der Waals surface area contributed by atoms with Gasteiger partial charge in [0.1, 0.15) is 11.4 Å². The third-order valence-corrected chi connectivity index (χ3v) is 6.53. The molecule has 1 aliphatic heterocycles. The lowest BCUT2D eigenvalue weighted by molar-refractivity contribution is 0.313. The third kappa shape index (κ3) is 4.85. The van der Waals surface area contributed by atoms with Gasteiger partial charge in [0, 0.05) is 43.8 Å². The number of hydrogen-bond donors (Lipinski definition) is 1. The smallest absolute Gasteiger partial charge is 0.278 e. The van der Waals surface area contributed by atoms with Crippen LogP contribution in [0, 0.1) is 4.91 Å². The Bertz CT molecular complexity index is 1480. The highest BCUT2D eigenvalue weighted by atomic mass is 16.3. The molecule has 0 amide bonds. The minimum absolute atomic E-state index is 0.249. The van der Waals surface area contributed by atoms with Crippen molar-refractivity contribution in [1.82, 2.24) is 29.2 Å². The number of piperazine rings is 1. The Morgan fingerprint density at radius 1 is 1.11 bits per heavy atom. The predicted octanol–water partition coefficient (Wildman–Crippen LogP) is 3.49. The highest BCUT2D eigenvalue weighted by molar-refractivity contribution is 5.77. The molecule has 1 fully saturated rings. The summed E-state index contributed by atoms with van der Waals surface area (Å²) >= 11 is 0. The molecule has 1 aromatic carbocycles. The van der Waals surface area contributed by atoms with Crippen LogP contribution in [0.5, 0.6) is 0 Å². The molecule has 0 aliphatic carbocycles. The number of nitroso groups, excluding NO2 is 1. The molecule has 1 saturated heterocycles. The molecule has 11 nitrogen and oxygen atoms in total. The molecule has 3 aromatic heterocycles. The van der Waals surface area contributed by atoms with E-state index < -0.39 is 6.04 Å². The molecule has 1 aliphatic rings. The fraction of sp³-hybridized carbons (Fsp3) is 0.308. The molecule has 1 unspecified atom stereocenters. The highest BCUT2D eigenvalue weighted by Crippen LogP contribution is 2.23. The molecule has 5 rings (SSSR count). The van der Waals surface area contributed by atoms with Crippen LogP contribution in [-0.4, -0.2) is 62.4 Å². The van der Waals surface area contributed by atoms with E-state index in [9.17, 15) is 9.70 Å². The number of nitrogens with zero attached hydrogens (tertiary/aromatic N) is 8. The van der Waals surface area contributed by atoms with Crippen LogP contribution in [0.25, 0.3) is 16.9 Å². The van der Waals surface area contributed by atoms with E-state index in [0.717, 1.165) is 31.9 Å². The van der Waals surface area contributed by atoms with Crippen LogP contribution < -0.4 is 15.8 Å². The lowest BCUT2D eigenvalue weighted by atomic mass is 10.2. The molecule has 4 heterocycles. The van der Waals surface area contributed by atoms with Gasteiger partial charge in [-0.1, -0.05) is 17.3 Å². The van der Waals surface area contributed by atoms with Crippen LogP contribution in [0.2, 0.25) is 0 Å². The maximum Gasteiger partial charge on any atom is 0.278 e. The van der Waals surface area contributed by atoms with Gasteiger partial charge < -0.3 is 15.1 Å². The largest absolute Gasteiger partial charge is 0.369 e. The van der Waals surface area contributed by atoms with E-state index in [4.69, 9.17) is 0 Å². The molecule has 37 heavy (non-hydrogen) atoms. The second-order valence-corrected chi connectivity index (χ2v) is 9.08. The molecular formula is C26H29N9O2. The summed E-state index contributed by atoms with van der Waals surface area (Å²) in [5, 5.41) is 6.67. The minimum atomic E-state index is -0.623. The Hall–Kier alpha value is -4.38. The average Bonchev–Trinajstić information content (AvgIpc) is 3.20. The fourth-order valence-electron chi connectivity index (χ4n) is 4.40. The number of hydrogen-bond acceptors (Lipinski definition) is 9. The van der Waals surface area contributed by atoms with Gasteiger partial charge in [0.15, 0.2) is 11.5 Å². The van der Waals surface area contributed by atoms with Crippen molar-refractivity contribution >= 4 is 28.4 Å². The van der Waals surface area contributed by atoms with Gasteiger partial charge in [-0.15, -0.1) is 6.58 Å². The molecule has 4 aromatic rings. The van der Waals surface area contributed by atoms with Gasteiger partial charge in [-0.25, -0.2) is 19.3 Å². The van der Waals surface area contributed by atoms with Crippen molar-refractivity contribution in [3.05, 3.63) is 82.3 Å². The van der Waals surface area contributed by atoms with E-state index in [1.165, 1.54) is 16.6 Å². The molecule has 0 spiro atoms. The second-order valence-electron chi connectivity index (χ2n) is 9.08. The van der Waals surface area contributed by atoms with Gasteiger partial charge in [-0.2, -0.15) is 9.89 Å². The zero-order chi connectivity index (χ0) is 25.9. The van der Waals surface area contributed by atoms with E-state index in [0.29, 0.717) is 28.5 Å². The Labute approximate surface area is 214 Å². The maximum absolute atomic E-state index is 13.2. The normalized spacial score (nSPS) is 15.0. The van der Waals surface area contributed by atoms with Crippen molar-refractivity contribution in [3.8, 4) is 5.82 Å². The van der Waals surface area contributed by atoms with Crippen molar-refractivity contribution in [2.75, 3.05) is 43.4 Å². The van der Waals surface area contributed by atoms with E-state index >= 15 is 0 Å². The third-order valence-electron chi connectivity index (χ3n) is 6.53. The van der Waals surface area contributed by atoms with Crippen molar-refractivity contribution in [1.29, 1.82) is 0 Å². The molecule has 0 bridgehead atoms. The Kier molecular flexibility index (Phi) is 6.78. The summed E-state index contributed by atoms with van der Waals surface area (Å²) in [6.07, 6.45) is 3.14. The molecule has 1 N–H and O–H groups in total. The van der Waals surface area contributed by atoms with Crippen LogP contribution in [0.15, 0.2) is 71.3 Å². The first kappa shape index (κ1) is 24.3. The number of allylic oxidation sites excluding steroid dienone is 1. The van der Waals surface area contributed by atoms with E-state index in [1.807, 2.05) is 12.1 Å². The summed E-state index contributed by atoms with van der Waals surface area (Å²) in [5.74, 6) is 0.798. The van der Waals surface area contributed by atoms with Crippen LogP contribution >= 0.6 is 0 Å². The van der Waals surface area contributed by atoms with Crippen LogP contribution in [0.3, 0.4) is 0 Å². The number of aromatic nitrogens is 5. The van der Waals surface area contributed by atoms with Gasteiger partial charge in [-0.3, -0.25) is 4.79 Å². The Balaban J connectivity index is 1.49. The SMILES string of the molecule is C=CCn1c(=O)c2cnc(Nc3ccc(N4CCN(C)CC4)cc3)nc2n1-c1cccc(C(C)N=O)n1. The average molecular weight is 500 g/mol. The monoisotopic (exact) mass is 499 g/mol. The summed E-state index contributed by atoms with van der Waals surface area (Å²) in [7, 11) is 2.14. The second kappa shape index (κ2) is 10.3. The number of nitrogens with one attached hydrogen (secondary N) is 1. The quantitative estimate of drug-likeness (QED) is 0.290. The molecule has 11 heteroatoms. The van der Waals surface area contributed by atoms with Gasteiger partial charge in [0.2, 0.25) is 5.95 Å². The van der Waals surface area contributed by atoms with Crippen LogP contribution in [0.4, 0.5) is 17.3 Å². The first-order valence-corrected chi connectivity index (χ1v) is 12.2. The van der Waals surface area contributed by atoms with E-state index in [1.54, 1.807) is 35.9 Å². The van der Waals surface area contributed by atoms with Crippen LogP contribution in [-0.2, 0) is 6.54 Å². The number of anilines is 3. The molecule has 190 valence electrons. The summed E-state index contributed by atoms with van der Waals surface area (Å²) in [5.41, 5.74) is 2.65. The molecule has 1 atom stereocenters. The van der Waals surface area contributed by atoms with Gasteiger partial charge in [0.25, 0.3) is 5.56 Å². The van der Waals surface area contributed by atoms with Gasteiger partial charge in [-0.05, 0) is 50.4 Å². The topological polar surface area (TPSA) is 114 Å². The first-order chi connectivity index (χ1) is 18.0. The number of rotatable bonds is 8. The number of pyridine rings is 1. The lowest BCUT2D eigenvalue weighted by Crippen LogP contribution is -2.44. The maximum atomic E-state index is 13.2. The number of benzene rings is 1. The Morgan fingerprint density at radius 2 is 1.86 bits per heavy atom. The van der Waals surface area contributed by atoms with Crippen molar-refractivity contribution in [2.24, 2.45) is 5.18 Å². The van der Waals surface area contributed by atoms with E-state index in [-0.39, 0.29) is 12.1 Å². The van der Waals surface area contributed by atoms with Crippen molar-refractivity contribution in [2.45, 2.75) is 19.5 Å². The van der Waals surface area contributed by atoms with E-state index in [2.05, 4.69) is 61.0 Å². The predicted molar refractivity (Wildman–Crippen MR) is 145 cm³/mol. The van der Waals surface area contributed by atoms with Gasteiger partial charge >= 0.3 is 0 Å². The number of likely N-dealkylation sites (N-methyl/N-ethyl adjacent to an activating group) is 1. The molecule has 0 radical (unpaired) electrons. The summed E-state index contributed by atoms with van der Waals surface area (Å²) in [6.45, 7) is 9.78. The van der Waals surface area contributed by atoms with Crippen molar-refractivity contribution < 1.29 is 0 Å². The lowest BCUT2D eigenvalue weighted by Gasteiger charge is -2.34. The Morgan fingerprint density at radius 3 is 2.57 bits per heavy atom. The van der Waals surface area contributed by atoms with Crippen LogP contribution in [0.1, 0.15) is 18.7 Å². The summed E-state index contributed by atoms with van der Waals surface area (Å²) in [6, 6.07) is 12.8. The van der Waals surface area contributed by atoms with Gasteiger partial charge in [0.05, 0.1) is 12.2 Å². The number of fused-ring (bicyclic) bond motifs is 1. The van der Waals surface area contributed by atoms with Crippen molar-refractivity contribution in [3.63, 3.8) is 0 Å². The zero-order valence-electron chi connectivity index (χ0n) is 20.9. The molecular weight excluding hydrogens is 470 g/mol.